The molecule has 2 N–H and O–H groups in total. The fourth-order valence-corrected chi connectivity index (χ4v) is 3.21. The molecule has 0 aromatic heterocycles. The zero-order chi connectivity index (χ0) is 21.3. The summed E-state index contributed by atoms with van der Waals surface area (Å²) in [6.07, 6.45) is 1.93. The standard InChI is InChI=1S/C23H26FNO5/c24-18-9-6-16(7-10-18)19(26)4-2-1-3-5-23(28)25-15-20(27)17-8-11-21-22(14-17)30-13-12-29-21/h6-11,14,20,27H,1-5,12-13,15H2,(H,25,28)/t20-/m0/s1. The number of rotatable bonds is 10. The van der Waals surface area contributed by atoms with Gasteiger partial charge in [0.2, 0.25) is 5.91 Å². The zero-order valence-electron chi connectivity index (χ0n) is 16.7. The van der Waals surface area contributed by atoms with E-state index in [0.717, 1.165) is 6.42 Å². The van der Waals surface area contributed by atoms with Crippen LogP contribution in [0.3, 0.4) is 0 Å². The largest absolute Gasteiger partial charge is 0.486 e. The van der Waals surface area contributed by atoms with Gasteiger partial charge in [-0.3, -0.25) is 9.59 Å². The molecule has 3 rings (SSSR count). The molecule has 0 saturated carbocycles. The number of halogens is 1. The van der Waals surface area contributed by atoms with E-state index in [2.05, 4.69) is 5.32 Å². The molecule has 2 aromatic rings. The van der Waals surface area contributed by atoms with Crippen molar-refractivity contribution in [3.63, 3.8) is 0 Å². The normalized spacial score (nSPS) is 13.5. The number of carbonyl (C=O) groups excluding carboxylic acids is 2. The Kier molecular flexibility index (Phi) is 7.79. The minimum Gasteiger partial charge on any atom is -0.486 e. The maximum atomic E-state index is 12.9. The Morgan fingerprint density at radius 2 is 1.67 bits per heavy atom. The summed E-state index contributed by atoms with van der Waals surface area (Å²) in [5.41, 5.74) is 1.15. The van der Waals surface area contributed by atoms with Gasteiger partial charge < -0.3 is 19.9 Å². The molecule has 0 aliphatic carbocycles. The molecule has 1 atom stereocenters. The van der Waals surface area contributed by atoms with Crippen LogP contribution < -0.4 is 14.8 Å². The van der Waals surface area contributed by atoms with Crippen molar-refractivity contribution in [2.45, 2.75) is 38.2 Å². The average Bonchev–Trinajstić information content (AvgIpc) is 2.77. The van der Waals surface area contributed by atoms with Crippen LogP contribution in [0.2, 0.25) is 0 Å². The van der Waals surface area contributed by atoms with Crippen molar-refractivity contribution in [3.05, 3.63) is 59.4 Å². The molecular formula is C23H26FNO5. The monoisotopic (exact) mass is 415 g/mol. The predicted molar refractivity (Wildman–Crippen MR) is 109 cm³/mol. The Bertz CT molecular complexity index is 868. The quantitative estimate of drug-likeness (QED) is 0.458. The lowest BCUT2D eigenvalue weighted by molar-refractivity contribution is -0.121. The first-order chi connectivity index (χ1) is 14.5. The maximum absolute atomic E-state index is 12.9. The molecule has 0 fully saturated rings. The van der Waals surface area contributed by atoms with Gasteiger partial charge >= 0.3 is 0 Å². The lowest BCUT2D eigenvalue weighted by Gasteiger charge is -2.20. The van der Waals surface area contributed by atoms with Crippen LogP contribution in [0.15, 0.2) is 42.5 Å². The van der Waals surface area contributed by atoms with Crippen molar-refractivity contribution in [2.24, 2.45) is 0 Å². The van der Waals surface area contributed by atoms with Gasteiger partial charge in [0.1, 0.15) is 19.0 Å². The third kappa shape index (κ3) is 6.29. The van der Waals surface area contributed by atoms with E-state index in [1.54, 1.807) is 18.2 Å². The first kappa shape index (κ1) is 21.8. The van der Waals surface area contributed by atoms with Gasteiger partial charge in [0.05, 0.1) is 6.10 Å². The van der Waals surface area contributed by atoms with E-state index in [4.69, 9.17) is 9.47 Å². The first-order valence-corrected chi connectivity index (χ1v) is 10.2. The Balaban J connectivity index is 1.31. The molecule has 30 heavy (non-hydrogen) atoms. The van der Waals surface area contributed by atoms with Crippen molar-refractivity contribution >= 4 is 11.7 Å². The van der Waals surface area contributed by atoms with Gasteiger partial charge in [0, 0.05) is 24.9 Å². The molecule has 1 amide bonds. The average molecular weight is 415 g/mol. The Labute approximate surface area is 175 Å². The summed E-state index contributed by atoms with van der Waals surface area (Å²) >= 11 is 0. The molecule has 2 aromatic carbocycles. The highest BCUT2D eigenvalue weighted by Crippen LogP contribution is 2.32. The highest BCUT2D eigenvalue weighted by atomic mass is 19.1. The number of aliphatic hydroxyl groups excluding tert-OH is 1. The number of nitrogens with one attached hydrogen (secondary N) is 1. The number of carbonyl (C=O) groups is 2. The molecular weight excluding hydrogens is 389 g/mol. The number of unbranched alkanes of at least 4 members (excludes halogenated alkanes) is 2. The molecule has 0 bridgehead atoms. The maximum Gasteiger partial charge on any atom is 0.220 e. The molecule has 7 heteroatoms. The van der Waals surface area contributed by atoms with E-state index in [1.165, 1.54) is 24.3 Å². The number of amides is 1. The summed E-state index contributed by atoms with van der Waals surface area (Å²) in [6, 6.07) is 10.7. The van der Waals surface area contributed by atoms with Crippen LogP contribution in [0, 0.1) is 5.82 Å². The second kappa shape index (κ2) is 10.7. The van der Waals surface area contributed by atoms with Crippen LogP contribution in [0.1, 0.15) is 54.1 Å². The summed E-state index contributed by atoms with van der Waals surface area (Å²) in [7, 11) is 0. The molecule has 1 aliphatic heterocycles. The summed E-state index contributed by atoms with van der Waals surface area (Å²) in [5.74, 6) is 0.716. The van der Waals surface area contributed by atoms with E-state index in [-0.39, 0.29) is 24.1 Å². The van der Waals surface area contributed by atoms with E-state index in [1.807, 2.05) is 0 Å². The van der Waals surface area contributed by atoms with Crippen LogP contribution in [-0.4, -0.2) is 36.6 Å². The lowest BCUT2D eigenvalue weighted by Crippen LogP contribution is -2.28. The molecule has 0 saturated heterocycles. The fraction of sp³-hybridized carbons (Fsp3) is 0.391. The van der Waals surface area contributed by atoms with Crippen molar-refractivity contribution in [1.29, 1.82) is 0 Å². The smallest absolute Gasteiger partial charge is 0.220 e. The number of ketones is 1. The highest BCUT2D eigenvalue weighted by Gasteiger charge is 2.16. The lowest BCUT2D eigenvalue weighted by atomic mass is 10.0. The summed E-state index contributed by atoms with van der Waals surface area (Å²) in [6.45, 7) is 1.09. The third-order valence-corrected chi connectivity index (χ3v) is 4.92. The van der Waals surface area contributed by atoms with Crippen molar-refractivity contribution in [3.8, 4) is 11.5 Å². The molecule has 0 radical (unpaired) electrons. The second-order valence-electron chi connectivity index (χ2n) is 7.21. The summed E-state index contributed by atoms with van der Waals surface area (Å²) in [5, 5.41) is 13.0. The van der Waals surface area contributed by atoms with Crippen molar-refractivity contribution < 1.29 is 28.6 Å². The second-order valence-corrected chi connectivity index (χ2v) is 7.21. The van der Waals surface area contributed by atoms with Gasteiger partial charge in [-0.1, -0.05) is 12.5 Å². The topological polar surface area (TPSA) is 84.9 Å². The van der Waals surface area contributed by atoms with Gasteiger partial charge in [-0.05, 0) is 54.8 Å². The SMILES string of the molecule is O=C(CCCCCC(=O)c1ccc(F)cc1)NC[C@H](O)c1ccc2c(c1)OCCO2. The van der Waals surface area contributed by atoms with Crippen molar-refractivity contribution in [1.82, 2.24) is 5.32 Å². The van der Waals surface area contributed by atoms with E-state index in [0.29, 0.717) is 61.5 Å². The number of aliphatic hydroxyl groups is 1. The van der Waals surface area contributed by atoms with Crippen LogP contribution in [0.4, 0.5) is 4.39 Å². The first-order valence-electron chi connectivity index (χ1n) is 10.2. The zero-order valence-corrected chi connectivity index (χ0v) is 16.7. The van der Waals surface area contributed by atoms with Crippen LogP contribution in [0.5, 0.6) is 11.5 Å². The number of ether oxygens (including phenoxy) is 2. The predicted octanol–water partition coefficient (Wildman–Crippen LogP) is 3.58. The molecule has 0 spiro atoms. The third-order valence-electron chi connectivity index (χ3n) is 4.92. The van der Waals surface area contributed by atoms with Crippen LogP contribution in [-0.2, 0) is 4.79 Å². The number of hydrogen-bond acceptors (Lipinski definition) is 5. The minimum atomic E-state index is -0.835. The molecule has 1 aliphatic rings. The highest BCUT2D eigenvalue weighted by molar-refractivity contribution is 5.95. The fourth-order valence-electron chi connectivity index (χ4n) is 3.21. The number of fused-ring (bicyclic) bond motifs is 1. The van der Waals surface area contributed by atoms with Gasteiger partial charge in [-0.2, -0.15) is 0 Å². The summed E-state index contributed by atoms with van der Waals surface area (Å²) < 4.78 is 23.8. The van der Waals surface area contributed by atoms with E-state index in [9.17, 15) is 19.1 Å². The van der Waals surface area contributed by atoms with E-state index >= 15 is 0 Å². The number of hydrogen-bond donors (Lipinski definition) is 2. The van der Waals surface area contributed by atoms with Crippen LogP contribution >= 0.6 is 0 Å². The number of benzene rings is 2. The molecule has 160 valence electrons. The Hall–Kier alpha value is -2.93. The van der Waals surface area contributed by atoms with Gasteiger partial charge in [0.15, 0.2) is 17.3 Å². The van der Waals surface area contributed by atoms with Crippen LogP contribution in [0.25, 0.3) is 0 Å². The molecule has 6 nitrogen and oxygen atoms in total. The Morgan fingerprint density at radius 1 is 0.967 bits per heavy atom. The minimum absolute atomic E-state index is 0.0259. The van der Waals surface area contributed by atoms with E-state index < -0.39 is 6.10 Å². The van der Waals surface area contributed by atoms with Gasteiger partial charge in [-0.25, -0.2) is 4.39 Å². The molecule has 0 unspecified atom stereocenters. The van der Waals surface area contributed by atoms with Gasteiger partial charge in [0.25, 0.3) is 0 Å². The van der Waals surface area contributed by atoms with Crippen molar-refractivity contribution in [2.75, 3.05) is 19.8 Å². The Morgan fingerprint density at radius 3 is 2.43 bits per heavy atom. The number of Topliss-reactive ketones (excluding diaryl/α,β-unsaturated/α-hetero) is 1. The van der Waals surface area contributed by atoms with Gasteiger partial charge in [-0.15, -0.1) is 0 Å². The summed E-state index contributed by atoms with van der Waals surface area (Å²) in [4.78, 5) is 24.0. The molecule has 1 heterocycles.